The summed E-state index contributed by atoms with van der Waals surface area (Å²) in [5.41, 5.74) is 8.55. The second-order valence-corrected chi connectivity index (χ2v) is 4.53. The predicted molar refractivity (Wildman–Crippen MR) is 73.6 cm³/mol. The molecule has 0 bridgehead atoms. The van der Waals surface area contributed by atoms with Crippen molar-refractivity contribution >= 4 is 5.69 Å². The molecule has 0 radical (unpaired) electrons. The Kier molecular flexibility index (Phi) is 4.11. The lowest BCUT2D eigenvalue weighted by atomic mass is 10.1. The van der Waals surface area contributed by atoms with Gasteiger partial charge in [-0.3, -0.25) is 0 Å². The number of anilines is 1. The van der Waals surface area contributed by atoms with E-state index in [-0.39, 0.29) is 6.04 Å². The molecule has 0 saturated heterocycles. The Morgan fingerprint density at radius 1 is 1.42 bits per heavy atom. The SMILES string of the molecule is CCOCC(C)n1nnnc1-c1ccc(N)cc1C. The topological polar surface area (TPSA) is 78.8 Å². The molecule has 0 aliphatic carbocycles. The van der Waals surface area contributed by atoms with Crippen molar-refractivity contribution in [3.8, 4) is 11.4 Å². The van der Waals surface area contributed by atoms with Gasteiger partial charge in [-0.15, -0.1) is 5.10 Å². The van der Waals surface area contributed by atoms with Gasteiger partial charge in [0.25, 0.3) is 0 Å². The van der Waals surface area contributed by atoms with Crippen LogP contribution in [0.15, 0.2) is 18.2 Å². The molecule has 0 aliphatic heterocycles. The summed E-state index contributed by atoms with van der Waals surface area (Å²) in [6.07, 6.45) is 0. The highest BCUT2D eigenvalue weighted by Gasteiger charge is 2.16. The summed E-state index contributed by atoms with van der Waals surface area (Å²) in [7, 11) is 0. The monoisotopic (exact) mass is 261 g/mol. The minimum absolute atomic E-state index is 0.0851. The molecule has 2 aromatic rings. The highest BCUT2D eigenvalue weighted by atomic mass is 16.5. The van der Waals surface area contributed by atoms with Crippen molar-refractivity contribution in [3.05, 3.63) is 23.8 Å². The van der Waals surface area contributed by atoms with E-state index < -0.39 is 0 Å². The molecule has 6 heteroatoms. The number of tetrazole rings is 1. The molecule has 1 aromatic heterocycles. The van der Waals surface area contributed by atoms with Gasteiger partial charge in [0.15, 0.2) is 5.82 Å². The third kappa shape index (κ3) is 2.90. The predicted octanol–water partition coefficient (Wildman–Crippen LogP) is 1.83. The van der Waals surface area contributed by atoms with Crippen molar-refractivity contribution in [1.82, 2.24) is 20.2 Å². The van der Waals surface area contributed by atoms with E-state index >= 15 is 0 Å². The fourth-order valence-electron chi connectivity index (χ4n) is 1.96. The molecule has 1 unspecified atom stereocenters. The van der Waals surface area contributed by atoms with Crippen LogP contribution < -0.4 is 5.73 Å². The summed E-state index contributed by atoms with van der Waals surface area (Å²) in [5.74, 6) is 0.740. The number of aryl methyl sites for hydroxylation is 1. The normalized spacial score (nSPS) is 12.6. The van der Waals surface area contributed by atoms with Gasteiger partial charge in [-0.05, 0) is 55.0 Å². The molecule has 2 rings (SSSR count). The van der Waals surface area contributed by atoms with E-state index in [1.54, 1.807) is 4.68 Å². The number of ether oxygens (including phenoxy) is 1. The van der Waals surface area contributed by atoms with Crippen LogP contribution in [0.5, 0.6) is 0 Å². The molecule has 0 aliphatic rings. The van der Waals surface area contributed by atoms with Crippen LogP contribution in [0.25, 0.3) is 11.4 Å². The number of nitrogen functional groups attached to an aromatic ring is 1. The Morgan fingerprint density at radius 3 is 2.89 bits per heavy atom. The number of hydrogen-bond donors (Lipinski definition) is 1. The van der Waals surface area contributed by atoms with Gasteiger partial charge in [-0.25, -0.2) is 4.68 Å². The van der Waals surface area contributed by atoms with Gasteiger partial charge >= 0.3 is 0 Å². The molecular weight excluding hydrogens is 242 g/mol. The number of nitrogens with zero attached hydrogens (tertiary/aromatic N) is 4. The van der Waals surface area contributed by atoms with Crippen LogP contribution in [0.4, 0.5) is 5.69 Å². The van der Waals surface area contributed by atoms with Gasteiger partial charge in [-0.1, -0.05) is 0 Å². The van der Waals surface area contributed by atoms with Crippen LogP contribution in [-0.4, -0.2) is 33.4 Å². The van der Waals surface area contributed by atoms with E-state index in [1.165, 1.54) is 0 Å². The minimum Gasteiger partial charge on any atom is -0.399 e. The van der Waals surface area contributed by atoms with E-state index in [0.29, 0.717) is 13.2 Å². The molecule has 19 heavy (non-hydrogen) atoms. The molecule has 0 spiro atoms. The van der Waals surface area contributed by atoms with Crippen molar-refractivity contribution in [2.75, 3.05) is 18.9 Å². The van der Waals surface area contributed by atoms with Crippen molar-refractivity contribution in [2.45, 2.75) is 26.8 Å². The summed E-state index contributed by atoms with van der Waals surface area (Å²) in [4.78, 5) is 0. The molecule has 0 fully saturated rings. The second-order valence-electron chi connectivity index (χ2n) is 4.53. The van der Waals surface area contributed by atoms with E-state index in [1.807, 2.05) is 39.0 Å². The Hall–Kier alpha value is -1.95. The smallest absolute Gasteiger partial charge is 0.182 e. The van der Waals surface area contributed by atoms with Crippen LogP contribution in [0, 0.1) is 6.92 Å². The first kappa shape index (κ1) is 13.5. The number of benzene rings is 1. The fourth-order valence-corrected chi connectivity index (χ4v) is 1.96. The zero-order valence-corrected chi connectivity index (χ0v) is 11.5. The summed E-state index contributed by atoms with van der Waals surface area (Å²) < 4.78 is 7.21. The first-order valence-electron chi connectivity index (χ1n) is 6.35. The van der Waals surface area contributed by atoms with Gasteiger partial charge in [0.1, 0.15) is 0 Å². The average molecular weight is 261 g/mol. The maximum absolute atomic E-state index is 5.77. The van der Waals surface area contributed by atoms with Crippen molar-refractivity contribution < 1.29 is 4.74 Å². The zero-order valence-electron chi connectivity index (χ0n) is 11.5. The van der Waals surface area contributed by atoms with Crippen LogP contribution in [-0.2, 0) is 4.74 Å². The van der Waals surface area contributed by atoms with Crippen molar-refractivity contribution in [2.24, 2.45) is 0 Å². The maximum Gasteiger partial charge on any atom is 0.182 e. The van der Waals surface area contributed by atoms with E-state index in [4.69, 9.17) is 10.5 Å². The van der Waals surface area contributed by atoms with Gasteiger partial charge in [0.2, 0.25) is 0 Å². The molecule has 1 atom stereocenters. The molecule has 6 nitrogen and oxygen atoms in total. The van der Waals surface area contributed by atoms with Gasteiger partial charge in [0.05, 0.1) is 12.6 Å². The summed E-state index contributed by atoms with van der Waals surface area (Å²) in [6, 6.07) is 5.80. The summed E-state index contributed by atoms with van der Waals surface area (Å²) in [5, 5.41) is 11.9. The van der Waals surface area contributed by atoms with Gasteiger partial charge in [0, 0.05) is 17.9 Å². The molecule has 2 N–H and O–H groups in total. The van der Waals surface area contributed by atoms with E-state index in [2.05, 4.69) is 15.5 Å². The average Bonchev–Trinajstić information content (AvgIpc) is 2.85. The van der Waals surface area contributed by atoms with E-state index in [0.717, 1.165) is 22.6 Å². The Bertz CT molecular complexity index is 552. The van der Waals surface area contributed by atoms with Gasteiger partial charge < -0.3 is 10.5 Å². The summed E-state index contributed by atoms with van der Waals surface area (Å²) >= 11 is 0. The van der Waals surface area contributed by atoms with Crippen molar-refractivity contribution in [3.63, 3.8) is 0 Å². The van der Waals surface area contributed by atoms with Crippen molar-refractivity contribution in [1.29, 1.82) is 0 Å². The second kappa shape index (κ2) is 5.79. The van der Waals surface area contributed by atoms with Crippen LogP contribution in [0.1, 0.15) is 25.5 Å². The summed E-state index contributed by atoms with van der Waals surface area (Å²) in [6.45, 7) is 7.27. The first-order chi connectivity index (χ1) is 9.13. The highest BCUT2D eigenvalue weighted by molar-refractivity contribution is 5.63. The highest BCUT2D eigenvalue weighted by Crippen LogP contribution is 2.24. The Labute approximate surface area is 112 Å². The molecule has 1 heterocycles. The zero-order chi connectivity index (χ0) is 13.8. The number of hydrogen-bond acceptors (Lipinski definition) is 5. The lowest BCUT2D eigenvalue weighted by Gasteiger charge is -2.14. The van der Waals surface area contributed by atoms with Gasteiger partial charge in [-0.2, -0.15) is 0 Å². The van der Waals surface area contributed by atoms with E-state index in [9.17, 15) is 0 Å². The molecule has 1 aromatic carbocycles. The number of nitrogens with two attached hydrogens (primary N) is 1. The Balaban J connectivity index is 2.33. The van der Waals surface area contributed by atoms with Crippen LogP contribution in [0.2, 0.25) is 0 Å². The molecule has 102 valence electrons. The lowest BCUT2D eigenvalue weighted by molar-refractivity contribution is 0.115. The van der Waals surface area contributed by atoms with Crippen LogP contribution in [0.3, 0.4) is 0 Å². The third-order valence-electron chi connectivity index (χ3n) is 2.96. The molecule has 0 amide bonds. The van der Waals surface area contributed by atoms with Crippen LogP contribution >= 0.6 is 0 Å². The standard InChI is InChI=1S/C13H19N5O/c1-4-19-8-10(3)18-13(15-16-17-18)12-6-5-11(14)7-9(12)2/h5-7,10H,4,8,14H2,1-3H3. The fraction of sp³-hybridized carbons (Fsp3) is 0.462. The number of aromatic nitrogens is 4. The maximum atomic E-state index is 5.77. The lowest BCUT2D eigenvalue weighted by Crippen LogP contribution is -2.15. The largest absolute Gasteiger partial charge is 0.399 e. The molecular formula is C13H19N5O. The minimum atomic E-state index is 0.0851. The quantitative estimate of drug-likeness (QED) is 0.831. The first-order valence-corrected chi connectivity index (χ1v) is 6.35. The third-order valence-corrected chi connectivity index (χ3v) is 2.96. The Morgan fingerprint density at radius 2 is 2.21 bits per heavy atom. The number of rotatable bonds is 5. The molecule has 0 saturated carbocycles.